The van der Waals surface area contributed by atoms with Crippen molar-refractivity contribution >= 4 is 44.7 Å². The van der Waals surface area contributed by atoms with Crippen molar-refractivity contribution in [3.63, 3.8) is 0 Å². The molecule has 0 aromatic carbocycles. The smallest absolute Gasteiger partial charge is 0.266 e. The van der Waals surface area contributed by atoms with E-state index in [1.54, 1.807) is 0 Å². The summed E-state index contributed by atoms with van der Waals surface area (Å²) in [6, 6.07) is 1.94. The molecule has 0 radical (unpaired) electrons. The summed E-state index contributed by atoms with van der Waals surface area (Å²) in [4.78, 5) is 37.7. The summed E-state index contributed by atoms with van der Waals surface area (Å²) in [6.07, 6.45) is 5.52. The van der Waals surface area contributed by atoms with Crippen molar-refractivity contribution in [1.29, 1.82) is 0 Å². The van der Waals surface area contributed by atoms with Crippen LogP contribution in [-0.2, 0) is 12.8 Å². The molecule has 0 unspecified atom stereocenters. The lowest BCUT2D eigenvalue weighted by Crippen LogP contribution is -2.41. The molecule has 6 nitrogen and oxygen atoms in total. The first kappa shape index (κ1) is 17.8. The van der Waals surface area contributed by atoms with Crippen molar-refractivity contribution in [3.05, 3.63) is 43.3 Å². The van der Waals surface area contributed by atoms with Gasteiger partial charge in [-0.15, -0.1) is 22.7 Å². The van der Waals surface area contributed by atoms with Crippen LogP contribution in [0.15, 0.2) is 6.07 Å². The molecule has 2 aliphatic rings. The Morgan fingerprint density at radius 3 is 2.61 bits per heavy atom. The first-order chi connectivity index (χ1) is 13.5. The number of aryl methyl sites for hydroxylation is 4. The monoisotopic (exact) mass is 412 g/mol. The molecule has 1 saturated carbocycles. The lowest BCUT2D eigenvalue weighted by molar-refractivity contribution is 0.0851. The number of aromatic nitrogens is 2. The quantitative estimate of drug-likeness (QED) is 0.641. The lowest BCUT2D eigenvalue weighted by atomic mass is 10.1. The Kier molecular flexibility index (Phi) is 4.21. The van der Waals surface area contributed by atoms with Crippen LogP contribution in [0.5, 0.6) is 0 Å². The van der Waals surface area contributed by atoms with Gasteiger partial charge in [0, 0.05) is 16.2 Å². The number of thiophene rings is 2. The molecule has 0 aliphatic heterocycles. The number of nitrogens with zero attached hydrogens (tertiary/aromatic N) is 2. The Bertz CT molecular complexity index is 1110. The summed E-state index contributed by atoms with van der Waals surface area (Å²) in [5.41, 5.74) is 8.16. The second-order valence-electron chi connectivity index (χ2n) is 7.50. The maximum absolute atomic E-state index is 12.7. The van der Waals surface area contributed by atoms with Gasteiger partial charge in [0.1, 0.15) is 10.7 Å². The zero-order valence-electron chi connectivity index (χ0n) is 15.7. The van der Waals surface area contributed by atoms with Crippen LogP contribution in [0.3, 0.4) is 0 Å². The minimum absolute atomic E-state index is 0.265. The van der Waals surface area contributed by atoms with Gasteiger partial charge in [-0.3, -0.25) is 20.4 Å². The number of hydrazine groups is 1. The van der Waals surface area contributed by atoms with E-state index in [0.717, 1.165) is 59.4 Å². The van der Waals surface area contributed by atoms with Gasteiger partial charge in [0.05, 0.1) is 15.4 Å². The second kappa shape index (κ2) is 6.63. The third kappa shape index (κ3) is 3.00. The maximum atomic E-state index is 12.7. The Labute approximate surface area is 170 Å². The lowest BCUT2D eigenvalue weighted by Gasteiger charge is -2.06. The minimum Gasteiger partial charge on any atom is -0.266 e. The van der Waals surface area contributed by atoms with Gasteiger partial charge >= 0.3 is 0 Å². The van der Waals surface area contributed by atoms with E-state index in [0.29, 0.717) is 15.7 Å². The Morgan fingerprint density at radius 2 is 1.86 bits per heavy atom. The van der Waals surface area contributed by atoms with Crippen molar-refractivity contribution in [2.75, 3.05) is 0 Å². The highest BCUT2D eigenvalue weighted by atomic mass is 32.1. The van der Waals surface area contributed by atoms with Gasteiger partial charge in [-0.25, -0.2) is 9.97 Å². The topological polar surface area (TPSA) is 84.0 Å². The van der Waals surface area contributed by atoms with E-state index in [1.807, 2.05) is 19.9 Å². The number of amides is 2. The van der Waals surface area contributed by atoms with Gasteiger partial charge in [-0.05, 0) is 63.1 Å². The standard InChI is InChI=1S/C20H20N4O2S2/c1-9-15-10(2)21-17(11-6-7-11)22-20(15)28-16(9)19(26)24-23-18(25)14-8-12-4-3-5-13(12)27-14/h8,11H,3-7H2,1-2H3,(H,23,25)(H,24,26). The fourth-order valence-corrected chi connectivity index (χ4v) is 6.06. The molecule has 144 valence electrons. The maximum Gasteiger partial charge on any atom is 0.280 e. The number of fused-ring (bicyclic) bond motifs is 2. The SMILES string of the molecule is Cc1nc(C2CC2)nc2sc(C(=O)NNC(=O)c3cc4c(s3)CCC4)c(C)c12. The largest absolute Gasteiger partial charge is 0.280 e. The van der Waals surface area contributed by atoms with E-state index in [2.05, 4.69) is 20.8 Å². The molecule has 2 amide bonds. The number of hydrogen-bond acceptors (Lipinski definition) is 6. The van der Waals surface area contributed by atoms with Gasteiger partial charge in [0.25, 0.3) is 11.8 Å². The summed E-state index contributed by atoms with van der Waals surface area (Å²) < 4.78 is 0. The van der Waals surface area contributed by atoms with Crippen LogP contribution in [-0.4, -0.2) is 21.8 Å². The number of nitrogens with one attached hydrogen (secondary N) is 2. The van der Waals surface area contributed by atoms with Crippen LogP contribution < -0.4 is 10.9 Å². The molecule has 3 heterocycles. The molecule has 3 aromatic heterocycles. The summed E-state index contributed by atoms with van der Waals surface area (Å²) in [5, 5.41) is 0.945. The van der Waals surface area contributed by atoms with Crippen molar-refractivity contribution in [3.8, 4) is 0 Å². The Morgan fingerprint density at radius 1 is 1.07 bits per heavy atom. The van der Waals surface area contributed by atoms with Crippen molar-refractivity contribution in [2.45, 2.75) is 51.9 Å². The first-order valence-electron chi connectivity index (χ1n) is 9.51. The van der Waals surface area contributed by atoms with Crippen LogP contribution in [0, 0.1) is 13.8 Å². The minimum atomic E-state index is -0.315. The summed E-state index contributed by atoms with van der Waals surface area (Å²) in [7, 11) is 0. The third-order valence-corrected chi connectivity index (χ3v) is 7.82. The molecule has 2 aliphatic carbocycles. The molecular formula is C20H20N4O2S2. The molecule has 0 saturated heterocycles. The first-order valence-corrected chi connectivity index (χ1v) is 11.1. The molecule has 0 spiro atoms. The number of carbonyl (C=O) groups excluding carboxylic acids is 2. The average molecular weight is 413 g/mol. The van der Waals surface area contributed by atoms with Gasteiger partial charge in [-0.2, -0.15) is 0 Å². The molecule has 0 atom stereocenters. The number of hydrogen-bond donors (Lipinski definition) is 2. The highest BCUT2D eigenvalue weighted by molar-refractivity contribution is 7.20. The van der Waals surface area contributed by atoms with Crippen molar-refractivity contribution < 1.29 is 9.59 Å². The fourth-order valence-electron chi connectivity index (χ4n) is 3.77. The van der Waals surface area contributed by atoms with Gasteiger partial charge < -0.3 is 0 Å². The zero-order valence-corrected chi connectivity index (χ0v) is 17.4. The van der Waals surface area contributed by atoms with Crippen LogP contribution in [0.1, 0.15) is 72.0 Å². The van der Waals surface area contributed by atoms with E-state index in [1.165, 1.54) is 33.1 Å². The van der Waals surface area contributed by atoms with E-state index in [9.17, 15) is 9.59 Å². The summed E-state index contributed by atoms with van der Waals surface area (Å²) in [5.74, 6) is 0.774. The van der Waals surface area contributed by atoms with Crippen LogP contribution in [0.25, 0.3) is 10.2 Å². The van der Waals surface area contributed by atoms with E-state index in [4.69, 9.17) is 0 Å². The van der Waals surface area contributed by atoms with Gasteiger partial charge in [0.2, 0.25) is 0 Å². The molecule has 0 bridgehead atoms. The third-order valence-electron chi connectivity index (χ3n) is 5.40. The molecule has 5 rings (SSSR count). The normalized spacial score (nSPS) is 15.6. The highest BCUT2D eigenvalue weighted by Gasteiger charge is 2.28. The second-order valence-corrected chi connectivity index (χ2v) is 9.63. The molecule has 28 heavy (non-hydrogen) atoms. The molecular weight excluding hydrogens is 392 g/mol. The van der Waals surface area contributed by atoms with E-state index >= 15 is 0 Å². The molecule has 1 fully saturated rings. The summed E-state index contributed by atoms with van der Waals surface area (Å²) in [6.45, 7) is 3.88. The molecule has 2 N–H and O–H groups in total. The van der Waals surface area contributed by atoms with E-state index in [-0.39, 0.29) is 11.8 Å². The predicted octanol–water partition coefficient (Wildman–Crippen LogP) is 3.81. The number of carbonyl (C=O) groups is 2. The van der Waals surface area contributed by atoms with Gasteiger partial charge in [0.15, 0.2) is 0 Å². The average Bonchev–Trinajstić information content (AvgIpc) is 3.15. The van der Waals surface area contributed by atoms with Crippen LogP contribution >= 0.6 is 22.7 Å². The number of rotatable bonds is 3. The van der Waals surface area contributed by atoms with Crippen molar-refractivity contribution in [2.24, 2.45) is 0 Å². The highest BCUT2D eigenvalue weighted by Crippen LogP contribution is 2.40. The predicted molar refractivity (Wildman–Crippen MR) is 110 cm³/mol. The van der Waals surface area contributed by atoms with E-state index < -0.39 is 0 Å². The van der Waals surface area contributed by atoms with Crippen molar-refractivity contribution in [1.82, 2.24) is 20.8 Å². The fraction of sp³-hybridized carbons (Fsp3) is 0.400. The Hall–Kier alpha value is -2.32. The molecule has 3 aromatic rings. The van der Waals surface area contributed by atoms with Crippen LogP contribution in [0.4, 0.5) is 0 Å². The summed E-state index contributed by atoms with van der Waals surface area (Å²) >= 11 is 2.88. The molecule has 8 heteroatoms. The van der Waals surface area contributed by atoms with Crippen LogP contribution in [0.2, 0.25) is 0 Å². The van der Waals surface area contributed by atoms with Gasteiger partial charge in [-0.1, -0.05) is 0 Å². The Balaban J connectivity index is 1.34. The zero-order chi connectivity index (χ0) is 19.4.